The molecule has 1 aliphatic rings. The maximum absolute atomic E-state index is 9.32. The Balaban J connectivity index is 2.26. The quantitative estimate of drug-likeness (QED) is 0.820. The predicted molar refractivity (Wildman–Crippen MR) is 76.8 cm³/mol. The largest absolute Gasteiger partial charge is 0.399 e. The lowest BCUT2D eigenvalue weighted by atomic mass is 10.0. The van der Waals surface area contributed by atoms with E-state index < -0.39 is 0 Å². The number of nitrogens with two attached hydrogens (primary N) is 1. The molecule has 100 valence electrons. The number of anilines is 2. The average Bonchev–Trinajstić information content (AvgIpc) is 2.26. The van der Waals surface area contributed by atoms with E-state index >= 15 is 0 Å². The Hall–Kier alpha value is -0.780. The second-order valence-corrected chi connectivity index (χ2v) is 6.13. The van der Waals surface area contributed by atoms with Gasteiger partial charge in [0.05, 0.1) is 24.0 Å². The molecule has 1 aromatic rings. The summed E-state index contributed by atoms with van der Waals surface area (Å²) in [5.41, 5.74) is 7.29. The maximum atomic E-state index is 9.32. The summed E-state index contributed by atoms with van der Waals surface area (Å²) in [6, 6.07) is 5.78. The van der Waals surface area contributed by atoms with Gasteiger partial charge in [0.25, 0.3) is 0 Å². The van der Waals surface area contributed by atoms with Crippen LogP contribution in [0.5, 0.6) is 0 Å². The third kappa shape index (κ3) is 2.96. The SMILES string of the molecule is CC1(C)CN(c2ccc(N)cc2Br)CC(CO)O1. The minimum Gasteiger partial charge on any atom is -0.399 e. The molecule has 0 radical (unpaired) electrons. The lowest BCUT2D eigenvalue weighted by Gasteiger charge is -2.43. The Kier molecular flexibility index (Phi) is 3.84. The van der Waals surface area contributed by atoms with Crippen LogP contribution in [-0.4, -0.2) is 36.5 Å². The summed E-state index contributed by atoms with van der Waals surface area (Å²) in [5.74, 6) is 0. The lowest BCUT2D eigenvalue weighted by molar-refractivity contribution is -0.101. The number of hydrogen-bond donors (Lipinski definition) is 2. The minimum atomic E-state index is -0.271. The smallest absolute Gasteiger partial charge is 0.0988 e. The lowest BCUT2D eigenvalue weighted by Crippen LogP contribution is -2.54. The van der Waals surface area contributed by atoms with Crippen molar-refractivity contribution < 1.29 is 9.84 Å². The van der Waals surface area contributed by atoms with E-state index in [4.69, 9.17) is 10.5 Å². The van der Waals surface area contributed by atoms with Gasteiger partial charge in [-0.2, -0.15) is 0 Å². The first-order valence-corrected chi connectivity index (χ1v) is 6.79. The molecule has 1 atom stereocenters. The summed E-state index contributed by atoms with van der Waals surface area (Å²) >= 11 is 3.54. The third-order valence-electron chi connectivity index (χ3n) is 3.00. The van der Waals surface area contributed by atoms with E-state index in [1.807, 2.05) is 32.0 Å². The Morgan fingerprint density at radius 3 is 2.89 bits per heavy atom. The molecule has 0 spiro atoms. The average molecular weight is 315 g/mol. The van der Waals surface area contributed by atoms with Gasteiger partial charge in [-0.15, -0.1) is 0 Å². The van der Waals surface area contributed by atoms with Crippen molar-refractivity contribution in [2.24, 2.45) is 0 Å². The first-order chi connectivity index (χ1) is 8.41. The van der Waals surface area contributed by atoms with Gasteiger partial charge in [0.15, 0.2) is 0 Å². The highest BCUT2D eigenvalue weighted by Gasteiger charge is 2.33. The minimum absolute atomic E-state index is 0.0342. The number of halogens is 1. The molecule has 0 amide bonds. The molecule has 1 aromatic carbocycles. The van der Waals surface area contributed by atoms with Crippen LogP contribution in [0.2, 0.25) is 0 Å². The number of rotatable bonds is 2. The Labute approximate surface area is 116 Å². The molecule has 1 saturated heterocycles. The van der Waals surface area contributed by atoms with Gasteiger partial charge in [-0.1, -0.05) is 0 Å². The van der Waals surface area contributed by atoms with Crippen molar-refractivity contribution in [3.8, 4) is 0 Å². The molecular formula is C13H19BrN2O2. The van der Waals surface area contributed by atoms with Crippen molar-refractivity contribution in [2.75, 3.05) is 30.3 Å². The molecule has 1 unspecified atom stereocenters. The van der Waals surface area contributed by atoms with Crippen LogP contribution in [0.1, 0.15) is 13.8 Å². The molecule has 3 N–H and O–H groups in total. The molecule has 1 heterocycles. The van der Waals surface area contributed by atoms with Crippen molar-refractivity contribution >= 4 is 27.3 Å². The summed E-state index contributed by atoms with van der Waals surface area (Å²) < 4.78 is 6.78. The van der Waals surface area contributed by atoms with E-state index in [0.29, 0.717) is 6.54 Å². The van der Waals surface area contributed by atoms with Crippen LogP contribution in [0.25, 0.3) is 0 Å². The molecule has 4 nitrogen and oxygen atoms in total. The highest BCUT2D eigenvalue weighted by molar-refractivity contribution is 9.10. The van der Waals surface area contributed by atoms with Gasteiger partial charge >= 0.3 is 0 Å². The molecule has 0 saturated carbocycles. The maximum Gasteiger partial charge on any atom is 0.0988 e. The fraction of sp³-hybridized carbons (Fsp3) is 0.538. The van der Waals surface area contributed by atoms with E-state index in [9.17, 15) is 5.11 Å². The van der Waals surface area contributed by atoms with E-state index in [2.05, 4.69) is 20.8 Å². The van der Waals surface area contributed by atoms with E-state index in [1.54, 1.807) is 0 Å². The zero-order valence-corrected chi connectivity index (χ0v) is 12.3. The number of ether oxygens (including phenoxy) is 1. The van der Waals surface area contributed by atoms with Crippen LogP contribution in [-0.2, 0) is 4.74 Å². The fourth-order valence-corrected chi connectivity index (χ4v) is 3.00. The monoisotopic (exact) mass is 314 g/mol. The van der Waals surface area contributed by atoms with Crippen LogP contribution in [0, 0.1) is 0 Å². The Morgan fingerprint density at radius 2 is 2.28 bits per heavy atom. The summed E-state index contributed by atoms with van der Waals surface area (Å²) in [6.07, 6.45) is -0.154. The standard InChI is InChI=1S/C13H19BrN2O2/c1-13(2)8-16(6-10(7-17)18-13)12-4-3-9(15)5-11(12)14/h3-5,10,17H,6-8,15H2,1-2H3. The van der Waals surface area contributed by atoms with Crippen LogP contribution < -0.4 is 10.6 Å². The summed E-state index contributed by atoms with van der Waals surface area (Å²) in [4.78, 5) is 2.22. The van der Waals surface area contributed by atoms with Crippen molar-refractivity contribution in [1.82, 2.24) is 0 Å². The van der Waals surface area contributed by atoms with Crippen molar-refractivity contribution in [2.45, 2.75) is 25.6 Å². The second kappa shape index (κ2) is 5.07. The van der Waals surface area contributed by atoms with Crippen molar-refractivity contribution in [3.63, 3.8) is 0 Å². The predicted octanol–water partition coefficient (Wildman–Crippen LogP) is 2.01. The zero-order valence-electron chi connectivity index (χ0n) is 10.7. The summed E-state index contributed by atoms with van der Waals surface area (Å²) in [6.45, 7) is 5.57. The summed E-state index contributed by atoms with van der Waals surface area (Å²) in [5, 5.41) is 9.32. The number of morpholine rings is 1. The first kappa shape index (κ1) is 13.6. The number of nitrogen functional groups attached to an aromatic ring is 1. The highest BCUT2D eigenvalue weighted by Crippen LogP contribution is 2.32. The van der Waals surface area contributed by atoms with Crippen LogP contribution in [0.15, 0.2) is 22.7 Å². The molecular weight excluding hydrogens is 296 g/mol. The highest BCUT2D eigenvalue weighted by atomic mass is 79.9. The number of benzene rings is 1. The van der Waals surface area contributed by atoms with Gasteiger partial charge in [0.2, 0.25) is 0 Å². The van der Waals surface area contributed by atoms with Gasteiger partial charge in [-0.25, -0.2) is 0 Å². The van der Waals surface area contributed by atoms with Gasteiger partial charge < -0.3 is 20.5 Å². The van der Waals surface area contributed by atoms with Gasteiger partial charge in [-0.05, 0) is 48.0 Å². The molecule has 1 fully saturated rings. The van der Waals surface area contributed by atoms with Crippen LogP contribution in [0.3, 0.4) is 0 Å². The number of aliphatic hydroxyl groups is 1. The molecule has 0 aromatic heterocycles. The normalized spacial score (nSPS) is 23.1. The molecule has 0 bridgehead atoms. The first-order valence-electron chi connectivity index (χ1n) is 6.00. The number of hydrogen-bond acceptors (Lipinski definition) is 4. The van der Waals surface area contributed by atoms with E-state index in [0.717, 1.165) is 22.4 Å². The van der Waals surface area contributed by atoms with Gasteiger partial charge in [-0.3, -0.25) is 0 Å². The second-order valence-electron chi connectivity index (χ2n) is 5.27. The Bertz CT molecular complexity index is 437. The van der Waals surface area contributed by atoms with E-state index in [1.165, 1.54) is 0 Å². The molecule has 1 aliphatic heterocycles. The van der Waals surface area contributed by atoms with Gasteiger partial charge in [0, 0.05) is 23.2 Å². The molecule has 5 heteroatoms. The van der Waals surface area contributed by atoms with Crippen molar-refractivity contribution in [3.05, 3.63) is 22.7 Å². The van der Waals surface area contributed by atoms with Gasteiger partial charge in [0.1, 0.15) is 0 Å². The van der Waals surface area contributed by atoms with Crippen molar-refractivity contribution in [1.29, 1.82) is 0 Å². The number of aliphatic hydroxyl groups excluding tert-OH is 1. The summed E-state index contributed by atoms with van der Waals surface area (Å²) in [7, 11) is 0. The molecule has 2 rings (SSSR count). The zero-order chi connectivity index (χ0) is 13.3. The fourth-order valence-electron chi connectivity index (χ4n) is 2.35. The molecule has 18 heavy (non-hydrogen) atoms. The van der Waals surface area contributed by atoms with Crippen LogP contribution in [0.4, 0.5) is 11.4 Å². The van der Waals surface area contributed by atoms with E-state index in [-0.39, 0.29) is 18.3 Å². The number of nitrogens with zero attached hydrogens (tertiary/aromatic N) is 1. The van der Waals surface area contributed by atoms with Crippen LogP contribution >= 0.6 is 15.9 Å². The third-order valence-corrected chi connectivity index (χ3v) is 3.63. The topological polar surface area (TPSA) is 58.7 Å². The Morgan fingerprint density at radius 1 is 1.56 bits per heavy atom. The molecule has 0 aliphatic carbocycles.